The lowest BCUT2D eigenvalue weighted by Gasteiger charge is -1.27. The van der Waals surface area contributed by atoms with Gasteiger partial charge in [0.15, 0.2) is 0 Å². The van der Waals surface area contributed by atoms with Crippen molar-refractivity contribution in [1.82, 2.24) is 0 Å². The second-order valence-electron chi connectivity index (χ2n) is 0. The Labute approximate surface area is 46.0 Å². The fraction of sp³-hybridized carbons (Fsp3) is 0. The van der Waals surface area contributed by atoms with Gasteiger partial charge in [-0.25, -0.2) is 0 Å². The zero-order chi connectivity index (χ0) is 2.00. The quantitative estimate of drug-likeness (QED) is 0.420. The molecular weight excluding hydrogens is 188 g/mol. The maximum absolute atomic E-state index is 4.00. The summed E-state index contributed by atoms with van der Waals surface area (Å²) < 4.78 is 0. The summed E-state index contributed by atoms with van der Waals surface area (Å²) in [4.78, 5) is 0. The minimum atomic E-state index is 0. The normalized spacial score (nSPS) is 1.50. The van der Waals surface area contributed by atoms with E-state index in [1.165, 1.54) is 0 Å². The second-order valence-corrected chi connectivity index (χ2v) is 0. The minimum Gasteiger partial charge on any atom is -0.274 e. The van der Waals surface area contributed by atoms with Gasteiger partial charge in [0.1, 0.15) is 0 Å². The summed E-state index contributed by atoms with van der Waals surface area (Å²) in [7, 11) is 0. The first kappa shape index (κ1) is 20.8. The third-order valence-corrected chi connectivity index (χ3v) is 0. The summed E-state index contributed by atoms with van der Waals surface area (Å²) in [6.45, 7) is 0. The Balaban J connectivity index is -0.00000000500. The summed E-state index contributed by atoms with van der Waals surface area (Å²) in [5.74, 6) is 8.00. The first-order chi connectivity index (χ1) is 1.00. The molecule has 0 saturated heterocycles. The van der Waals surface area contributed by atoms with E-state index in [2.05, 4.69) is 11.7 Å². The van der Waals surface area contributed by atoms with Gasteiger partial charge in [0.25, 0.3) is 0 Å². The van der Waals surface area contributed by atoms with Gasteiger partial charge < -0.3 is 0 Å². The van der Waals surface area contributed by atoms with Crippen LogP contribution in [0.25, 0.3) is 0 Å². The fourth-order valence-electron chi connectivity index (χ4n) is 0. The van der Waals surface area contributed by atoms with E-state index in [0.29, 0.717) is 0 Å². The highest BCUT2D eigenvalue weighted by atomic mass is 79.9. The molecule has 0 atom stereocenters. The molecule has 4 N–H and O–H groups in total. The Morgan fingerprint density at radius 3 is 0.750 bits per heavy atom. The molecule has 4 heavy (non-hydrogen) atoms. The van der Waals surface area contributed by atoms with E-state index in [0.717, 1.165) is 0 Å². The molecule has 0 aromatic carbocycles. The standard InChI is InChI=1S/2BrH.H4N2/c;;1-2/h2*1H;1-2H2. The van der Waals surface area contributed by atoms with Crippen LogP contribution < -0.4 is 11.7 Å². The van der Waals surface area contributed by atoms with Gasteiger partial charge in [-0.1, -0.05) is 0 Å². The number of halogens is 2. The summed E-state index contributed by atoms with van der Waals surface area (Å²) >= 11 is 0. The Bertz CT molecular complexity index is 4.00. The van der Waals surface area contributed by atoms with Crippen LogP contribution in [-0.2, 0) is 0 Å². The van der Waals surface area contributed by atoms with Crippen molar-refractivity contribution in [3.8, 4) is 0 Å². The molecule has 0 aliphatic rings. The van der Waals surface area contributed by atoms with Crippen LogP contribution in [0, 0.1) is 0 Å². The van der Waals surface area contributed by atoms with Crippen LogP contribution in [0.3, 0.4) is 0 Å². The van der Waals surface area contributed by atoms with Gasteiger partial charge in [-0.2, -0.15) is 0 Å². The first-order valence-electron chi connectivity index (χ1n) is 0.333. The molecule has 0 aliphatic carbocycles. The topological polar surface area (TPSA) is 52.0 Å². The number of nitrogens with two attached hydrogens (primary N) is 2. The lowest BCUT2D eigenvalue weighted by molar-refractivity contribution is 1.26. The molecule has 0 fully saturated rings. The number of rotatable bonds is 0. The molecule has 0 aliphatic heterocycles. The predicted octanol–water partition coefficient (Wildman–Crippen LogP) is -0.0254. The zero-order valence-corrected chi connectivity index (χ0v) is 5.40. The largest absolute Gasteiger partial charge is 0.274 e. The van der Waals surface area contributed by atoms with Crippen molar-refractivity contribution in [2.24, 2.45) is 11.7 Å². The molecule has 0 unspecified atom stereocenters. The van der Waals surface area contributed by atoms with Crippen LogP contribution in [0.1, 0.15) is 0 Å². The van der Waals surface area contributed by atoms with Crippen molar-refractivity contribution in [1.29, 1.82) is 0 Å². The highest BCUT2D eigenvalue weighted by Crippen LogP contribution is 0.847. The van der Waals surface area contributed by atoms with Gasteiger partial charge in [0.2, 0.25) is 0 Å². The van der Waals surface area contributed by atoms with E-state index in [4.69, 9.17) is 0 Å². The van der Waals surface area contributed by atoms with E-state index < -0.39 is 0 Å². The molecule has 4 heteroatoms. The Morgan fingerprint density at radius 2 is 0.750 bits per heavy atom. The van der Waals surface area contributed by atoms with E-state index in [-0.39, 0.29) is 34.0 Å². The van der Waals surface area contributed by atoms with E-state index in [9.17, 15) is 0 Å². The number of hydrogen-bond donors (Lipinski definition) is 2. The van der Waals surface area contributed by atoms with Crippen molar-refractivity contribution < 1.29 is 0 Å². The first-order valence-corrected chi connectivity index (χ1v) is 0.333. The molecule has 0 amide bonds. The monoisotopic (exact) mass is 192 g/mol. The molecule has 2 nitrogen and oxygen atoms in total. The highest BCUT2D eigenvalue weighted by Gasteiger charge is 0.726. The van der Waals surface area contributed by atoms with Crippen molar-refractivity contribution in [3.63, 3.8) is 0 Å². The summed E-state index contributed by atoms with van der Waals surface area (Å²) in [6, 6.07) is 0. The van der Waals surface area contributed by atoms with Crippen LogP contribution in [0.2, 0.25) is 0 Å². The summed E-state index contributed by atoms with van der Waals surface area (Å²) in [5, 5.41) is 0. The van der Waals surface area contributed by atoms with Crippen LogP contribution in [-0.4, -0.2) is 0 Å². The molecule has 30 valence electrons. The average molecular weight is 194 g/mol. The van der Waals surface area contributed by atoms with Gasteiger partial charge in [0.05, 0.1) is 0 Å². The van der Waals surface area contributed by atoms with Crippen molar-refractivity contribution in [2.75, 3.05) is 0 Å². The minimum absolute atomic E-state index is 0. The Morgan fingerprint density at radius 1 is 0.750 bits per heavy atom. The van der Waals surface area contributed by atoms with Crippen LogP contribution in [0.5, 0.6) is 0 Å². The number of hydrazine groups is 1. The fourth-order valence-corrected chi connectivity index (χ4v) is 0. The maximum atomic E-state index is 4.00. The Hall–Kier alpha value is 0.880. The van der Waals surface area contributed by atoms with Gasteiger partial charge in [-0.3, -0.25) is 11.7 Å². The highest BCUT2D eigenvalue weighted by molar-refractivity contribution is 8.93. The predicted molar refractivity (Wildman–Crippen MR) is 29.0 cm³/mol. The van der Waals surface area contributed by atoms with Gasteiger partial charge >= 0.3 is 0 Å². The molecule has 0 aromatic rings. The smallest absolute Gasteiger partial charge is 0.114 e. The van der Waals surface area contributed by atoms with Gasteiger partial charge in [0, 0.05) is 0 Å². The molecule has 0 radical (unpaired) electrons. The summed E-state index contributed by atoms with van der Waals surface area (Å²) in [6.07, 6.45) is 0. The van der Waals surface area contributed by atoms with Crippen LogP contribution in [0.15, 0.2) is 0 Å². The SMILES string of the molecule is Br.Br.NN. The number of hydrogen-bond acceptors (Lipinski definition) is 2. The molecular formula is H6Br2N2. The lowest BCUT2D eigenvalue weighted by Crippen LogP contribution is -2.02. The second kappa shape index (κ2) is 41.6. The maximum Gasteiger partial charge on any atom is -0.114 e. The van der Waals surface area contributed by atoms with E-state index in [1.807, 2.05) is 0 Å². The van der Waals surface area contributed by atoms with Crippen molar-refractivity contribution in [3.05, 3.63) is 0 Å². The third kappa shape index (κ3) is 13.1. The molecule has 0 bridgehead atoms. The van der Waals surface area contributed by atoms with Gasteiger partial charge in [-0.15, -0.1) is 34.0 Å². The zero-order valence-electron chi connectivity index (χ0n) is 1.97. The molecule has 0 spiro atoms. The van der Waals surface area contributed by atoms with E-state index in [1.54, 1.807) is 0 Å². The van der Waals surface area contributed by atoms with Gasteiger partial charge in [-0.05, 0) is 0 Å². The summed E-state index contributed by atoms with van der Waals surface area (Å²) in [5.41, 5.74) is 0. The average Bonchev–Trinajstić information content (AvgIpc) is 1.00. The lowest BCUT2D eigenvalue weighted by atomic mass is 13.0. The van der Waals surface area contributed by atoms with E-state index >= 15 is 0 Å². The molecule has 0 saturated carbocycles. The molecule has 0 heterocycles. The van der Waals surface area contributed by atoms with Crippen molar-refractivity contribution >= 4 is 34.0 Å². The van der Waals surface area contributed by atoms with Crippen LogP contribution >= 0.6 is 34.0 Å². The molecule has 0 rings (SSSR count). The Kier molecular flexibility index (Phi) is 216. The van der Waals surface area contributed by atoms with Crippen LogP contribution in [0.4, 0.5) is 0 Å². The third-order valence-electron chi connectivity index (χ3n) is 0. The van der Waals surface area contributed by atoms with Crippen molar-refractivity contribution in [2.45, 2.75) is 0 Å². The molecule has 0 aromatic heterocycles.